The van der Waals surface area contributed by atoms with Crippen molar-refractivity contribution in [2.75, 3.05) is 31.1 Å². The Bertz CT molecular complexity index is 573. The molecule has 3 fully saturated rings. The lowest BCUT2D eigenvalue weighted by Crippen LogP contribution is -2.42. The highest BCUT2D eigenvalue weighted by Crippen LogP contribution is 2.39. The van der Waals surface area contributed by atoms with Crippen LogP contribution in [0.1, 0.15) is 32.1 Å². The monoisotopic (exact) mass is 377 g/mol. The Morgan fingerprint density at radius 1 is 1.13 bits per heavy atom. The van der Waals surface area contributed by atoms with E-state index >= 15 is 0 Å². The van der Waals surface area contributed by atoms with Gasteiger partial charge in [-0.15, -0.1) is 0 Å². The van der Waals surface area contributed by atoms with Gasteiger partial charge in [0.25, 0.3) is 0 Å². The molecule has 0 aromatic carbocycles. The van der Waals surface area contributed by atoms with Gasteiger partial charge in [-0.05, 0) is 59.5 Å². The average Bonchev–Trinajstić information content (AvgIpc) is 3.16. The fourth-order valence-electron chi connectivity index (χ4n) is 4.66. The third-order valence-electron chi connectivity index (χ3n) is 5.97. The number of amides is 1. The maximum absolute atomic E-state index is 12.8. The van der Waals surface area contributed by atoms with Gasteiger partial charge in [-0.1, -0.05) is 6.42 Å². The van der Waals surface area contributed by atoms with E-state index in [1.165, 1.54) is 24.9 Å². The van der Waals surface area contributed by atoms with E-state index in [2.05, 4.69) is 30.7 Å². The van der Waals surface area contributed by atoms with E-state index in [0.717, 1.165) is 55.3 Å². The number of carbonyl (C=O) groups excluding carboxylic acids is 1. The van der Waals surface area contributed by atoms with Gasteiger partial charge in [0.15, 0.2) is 0 Å². The topological polar surface area (TPSA) is 36.4 Å². The van der Waals surface area contributed by atoms with Crippen LogP contribution in [0.3, 0.4) is 0 Å². The number of halogens is 1. The van der Waals surface area contributed by atoms with Crippen molar-refractivity contribution in [3.05, 3.63) is 22.9 Å². The van der Waals surface area contributed by atoms with Gasteiger partial charge in [0, 0.05) is 44.5 Å². The van der Waals surface area contributed by atoms with E-state index in [-0.39, 0.29) is 5.92 Å². The number of rotatable bonds is 2. The third-order valence-corrected chi connectivity index (χ3v) is 6.58. The second kappa shape index (κ2) is 6.42. The molecule has 2 atom stereocenters. The first-order valence-electron chi connectivity index (χ1n) is 8.85. The van der Waals surface area contributed by atoms with E-state index < -0.39 is 0 Å². The van der Waals surface area contributed by atoms with Crippen LogP contribution in [-0.4, -0.2) is 42.0 Å². The van der Waals surface area contributed by atoms with Gasteiger partial charge in [-0.25, -0.2) is 0 Å². The summed E-state index contributed by atoms with van der Waals surface area (Å²) in [6.07, 6.45) is 9.66. The first-order chi connectivity index (χ1) is 11.2. The molecule has 0 spiro atoms. The number of hydrogen-bond acceptors (Lipinski definition) is 3. The zero-order valence-corrected chi connectivity index (χ0v) is 15.0. The highest BCUT2D eigenvalue weighted by molar-refractivity contribution is 9.10. The summed E-state index contributed by atoms with van der Waals surface area (Å²) in [6, 6.07) is 2.05. The predicted octanol–water partition coefficient (Wildman–Crippen LogP) is 3.32. The van der Waals surface area contributed by atoms with Gasteiger partial charge in [0.05, 0.1) is 10.2 Å². The van der Waals surface area contributed by atoms with Crippen LogP contribution in [0.4, 0.5) is 5.69 Å². The van der Waals surface area contributed by atoms with Gasteiger partial charge < -0.3 is 9.80 Å². The fourth-order valence-corrected chi connectivity index (χ4v) is 5.17. The van der Waals surface area contributed by atoms with Crippen LogP contribution in [-0.2, 0) is 4.79 Å². The molecule has 1 aliphatic carbocycles. The molecule has 2 saturated heterocycles. The molecule has 124 valence electrons. The quantitative estimate of drug-likeness (QED) is 0.792. The molecule has 4 nitrogen and oxygen atoms in total. The van der Waals surface area contributed by atoms with Crippen LogP contribution in [0.2, 0.25) is 0 Å². The predicted molar refractivity (Wildman–Crippen MR) is 94.3 cm³/mol. The van der Waals surface area contributed by atoms with Crippen LogP contribution in [0.25, 0.3) is 0 Å². The molecule has 0 N–H and O–H groups in total. The van der Waals surface area contributed by atoms with Gasteiger partial charge in [-0.3, -0.25) is 9.78 Å². The van der Waals surface area contributed by atoms with Crippen molar-refractivity contribution in [1.82, 2.24) is 9.88 Å². The van der Waals surface area contributed by atoms with Crippen LogP contribution in [0.15, 0.2) is 22.9 Å². The molecule has 2 unspecified atom stereocenters. The Balaban J connectivity index is 1.35. The van der Waals surface area contributed by atoms with Crippen LogP contribution in [0.5, 0.6) is 0 Å². The molecular formula is C18H24BrN3O. The summed E-state index contributed by atoms with van der Waals surface area (Å²) in [7, 11) is 0. The summed E-state index contributed by atoms with van der Waals surface area (Å²) >= 11 is 3.58. The Morgan fingerprint density at radius 3 is 2.48 bits per heavy atom. The average molecular weight is 378 g/mol. The summed E-state index contributed by atoms with van der Waals surface area (Å²) in [5.41, 5.74) is 1.20. The third kappa shape index (κ3) is 3.00. The molecule has 3 aliphatic rings. The highest BCUT2D eigenvalue weighted by atomic mass is 79.9. The Kier molecular flexibility index (Phi) is 4.31. The summed E-state index contributed by atoms with van der Waals surface area (Å²) in [6.45, 7) is 3.97. The number of hydrogen-bond donors (Lipinski definition) is 0. The number of anilines is 1. The molecule has 1 amide bonds. The number of nitrogens with zero attached hydrogens (tertiary/aromatic N) is 3. The number of fused-ring (bicyclic) bond motifs is 1. The maximum Gasteiger partial charge on any atom is 0.225 e. The molecule has 1 aromatic rings. The largest absolute Gasteiger partial charge is 0.370 e. The second-order valence-corrected chi connectivity index (χ2v) is 8.14. The Hall–Kier alpha value is -1.10. The van der Waals surface area contributed by atoms with E-state index in [0.29, 0.717) is 5.91 Å². The SMILES string of the molecule is O=C(C1CCN(c2ccncc2Br)CC1)N1CC2CCCC2C1. The van der Waals surface area contributed by atoms with Gasteiger partial charge in [0.2, 0.25) is 5.91 Å². The van der Waals surface area contributed by atoms with Crippen LogP contribution < -0.4 is 4.90 Å². The van der Waals surface area contributed by atoms with Gasteiger partial charge >= 0.3 is 0 Å². The summed E-state index contributed by atoms with van der Waals surface area (Å²) in [5, 5.41) is 0. The molecule has 23 heavy (non-hydrogen) atoms. The molecule has 2 aliphatic heterocycles. The molecule has 4 rings (SSSR count). The van der Waals surface area contributed by atoms with Crippen LogP contribution >= 0.6 is 15.9 Å². The molecule has 0 radical (unpaired) electrons. The standard InChI is InChI=1S/C18H24BrN3O/c19-16-10-20-7-4-17(16)21-8-5-13(6-9-21)18(23)22-11-14-2-1-3-15(14)12-22/h4,7,10,13-15H,1-3,5-6,8-9,11-12H2. The first-order valence-corrected chi connectivity index (χ1v) is 9.65. The van der Waals surface area contributed by atoms with Crippen LogP contribution in [0, 0.1) is 17.8 Å². The van der Waals surface area contributed by atoms with Gasteiger partial charge in [0.1, 0.15) is 0 Å². The lowest BCUT2D eigenvalue weighted by Gasteiger charge is -2.35. The van der Waals surface area contributed by atoms with E-state index in [1.807, 2.05) is 18.5 Å². The van der Waals surface area contributed by atoms with Crippen molar-refractivity contribution in [3.63, 3.8) is 0 Å². The molecule has 5 heteroatoms. The van der Waals surface area contributed by atoms with Crippen molar-refractivity contribution in [1.29, 1.82) is 0 Å². The maximum atomic E-state index is 12.8. The smallest absolute Gasteiger partial charge is 0.225 e. The number of aromatic nitrogens is 1. The molecular weight excluding hydrogens is 354 g/mol. The zero-order valence-electron chi connectivity index (χ0n) is 13.5. The van der Waals surface area contributed by atoms with E-state index in [4.69, 9.17) is 0 Å². The first kappa shape index (κ1) is 15.4. The summed E-state index contributed by atoms with van der Waals surface area (Å²) in [4.78, 5) is 21.5. The fraction of sp³-hybridized carbons (Fsp3) is 0.667. The highest BCUT2D eigenvalue weighted by Gasteiger charge is 2.40. The molecule has 0 bridgehead atoms. The van der Waals surface area contributed by atoms with E-state index in [9.17, 15) is 4.79 Å². The van der Waals surface area contributed by atoms with E-state index in [1.54, 1.807) is 0 Å². The lowest BCUT2D eigenvalue weighted by molar-refractivity contribution is -0.135. The van der Waals surface area contributed by atoms with Crippen molar-refractivity contribution < 1.29 is 4.79 Å². The molecule has 3 heterocycles. The second-order valence-electron chi connectivity index (χ2n) is 7.28. The van der Waals surface area contributed by atoms with Crippen molar-refractivity contribution in [2.24, 2.45) is 17.8 Å². The summed E-state index contributed by atoms with van der Waals surface area (Å²) in [5.74, 6) is 2.25. The number of carbonyl (C=O) groups is 1. The number of likely N-dealkylation sites (tertiary alicyclic amines) is 1. The normalized spacial score (nSPS) is 28.2. The minimum atomic E-state index is 0.227. The van der Waals surface area contributed by atoms with Crippen molar-refractivity contribution in [2.45, 2.75) is 32.1 Å². The summed E-state index contributed by atoms with van der Waals surface area (Å²) < 4.78 is 1.04. The number of piperidine rings is 1. The molecule has 1 saturated carbocycles. The van der Waals surface area contributed by atoms with Gasteiger partial charge in [-0.2, -0.15) is 0 Å². The Labute approximate surface area is 146 Å². The van der Waals surface area contributed by atoms with Crippen molar-refractivity contribution in [3.8, 4) is 0 Å². The Morgan fingerprint density at radius 2 is 1.83 bits per heavy atom. The molecule has 1 aromatic heterocycles. The zero-order chi connectivity index (χ0) is 15.8. The minimum absolute atomic E-state index is 0.227. The van der Waals surface area contributed by atoms with Crippen molar-refractivity contribution >= 4 is 27.5 Å². The number of pyridine rings is 1. The lowest BCUT2D eigenvalue weighted by atomic mass is 9.95. The minimum Gasteiger partial charge on any atom is -0.370 e.